The van der Waals surface area contributed by atoms with Crippen molar-refractivity contribution in [1.82, 2.24) is 9.80 Å². The maximum Gasteiger partial charge on any atom is 0.239 e. The van der Waals surface area contributed by atoms with Crippen molar-refractivity contribution in [3.05, 3.63) is 35.9 Å². The van der Waals surface area contributed by atoms with Crippen molar-refractivity contribution in [3.8, 4) is 0 Å². The fraction of sp³-hybridized carbons (Fsp3) is 0.588. The maximum absolute atomic E-state index is 12.6. The maximum atomic E-state index is 12.6. The van der Waals surface area contributed by atoms with Gasteiger partial charge in [-0.05, 0) is 37.8 Å². The second kappa shape index (κ2) is 6.58. The zero-order valence-electron chi connectivity index (χ0n) is 12.6. The molecule has 2 saturated heterocycles. The Morgan fingerprint density at radius 1 is 1.19 bits per heavy atom. The van der Waals surface area contributed by atoms with E-state index in [1.807, 2.05) is 35.2 Å². The van der Waals surface area contributed by atoms with Crippen LogP contribution in [0.15, 0.2) is 30.3 Å². The number of rotatable bonds is 3. The Kier molecular flexibility index (Phi) is 4.56. The summed E-state index contributed by atoms with van der Waals surface area (Å²) in [6, 6.07) is 10.2. The van der Waals surface area contributed by atoms with Crippen molar-refractivity contribution in [2.24, 2.45) is 5.73 Å². The average molecular weight is 287 g/mol. The number of fused-ring (bicyclic) bond motifs is 1. The first-order chi connectivity index (χ1) is 10.2. The molecule has 1 aromatic carbocycles. The quantitative estimate of drug-likeness (QED) is 0.910. The minimum Gasteiger partial charge on any atom is -0.340 e. The summed E-state index contributed by atoms with van der Waals surface area (Å²) in [5.41, 5.74) is 7.30. The lowest BCUT2D eigenvalue weighted by Crippen LogP contribution is -2.48. The van der Waals surface area contributed by atoms with Crippen LogP contribution in [0, 0.1) is 0 Å². The normalized spacial score (nSPS) is 24.4. The Balaban J connectivity index is 1.61. The van der Waals surface area contributed by atoms with Crippen molar-refractivity contribution in [3.63, 3.8) is 0 Å². The molecule has 2 N–H and O–H groups in total. The lowest BCUT2D eigenvalue weighted by Gasteiger charge is -2.27. The van der Waals surface area contributed by atoms with E-state index in [-0.39, 0.29) is 5.91 Å². The van der Waals surface area contributed by atoms with Gasteiger partial charge in [0.25, 0.3) is 0 Å². The molecule has 0 aromatic heterocycles. The van der Waals surface area contributed by atoms with E-state index < -0.39 is 6.04 Å². The van der Waals surface area contributed by atoms with Crippen LogP contribution in [0.4, 0.5) is 0 Å². The van der Waals surface area contributed by atoms with Gasteiger partial charge in [-0.3, -0.25) is 9.69 Å². The van der Waals surface area contributed by atoms with Gasteiger partial charge in [-0.25, -0.2) is 0 Å². The zero-order valence-corrected chi connectivity index (χ0v) is 12.6. The fourth-order valence-electron chi connectivity index (χ4n) is 3.60. The highest BCUT2D eigenvalue weighted by Gasteiger charge is 2.31. The summed E-state index contributed by atoms with van der Waals surface area (Å²) in [6.45, 7) is 4.04. The second-order valence-corrected chi connectivity index (χ2v) is 6.27. The van der Waals surface area contributed by atoms with Crippen LogP contribution in [-0.2, 0) is 11.2 Å². The second-order valence-electron chi connectivity index (χ2n) is 6.27. The minimum atomic E-state index is -0.416. The Labute approximate surface area is 126 Å². The fourth-order valence-corrected chi connectivity index (χ4v) is 3.60. The molecular weight excluding hydrogens is 262 g/mol. The lowest BCUT2D eigenvalue weighted by atomic mass is 10.1. The standard InChI is InChI=1S/C17H25N3O/c18-16(12-14-6-2-1-3-7-14)17(21)20-11-5-10-19-9-4-8-15(19)13-20/h1-3,6-7,15-16H,4-5,8-13,18H2/t15?,16-/m1/s1. The van der Waals surface area contributed by atoms with E-state index in [9.17, 15) is 4.79 Å². The SMILES string of the molecule is N[C@H](Cc1ccccc1)C(=O)N1CCCN2CCCC2C1. The van der Waals surface area contributed by atoms with Crippen LogP contribution >= 0.6 is 0 Å². The number of nitrogens with two attached hydrogens (primary N) is 1. The van der Waals surface area contributed by atoms with Gasteiger partial charge in [-0.1, -0.05) is 30.3 Å². The molecule has 4 heteroatoms. The Morgan fingerprint density at radius 2 is 1.95 bits per heavy atom. The first-order valence-corrected chi connectivity index (χ1v) is 8.06. The van der Waals surface area contributed by atoms with Crippen LogP contribution in [0.2, 0.25) is 0 Å². The van der Waals surface area contributed by atoms with E-state index in [0.29, 0.717) is 12.5 Å². The number of hydrogen-bond donors (Lipinski definition) is 1. The van der Waals surface area contributed by atoms with Gasteiger partial charge in [0.15, 0.2) is 0 Å². The lowest BCUT2D eigenvalue weighted by molar-refractivity contribution is -0.132. The average Bonchev–Trinajstić information content (AvgIpc) is 2.84. The minimum absolute atomic E-state index is 0.118. The first kappa shape index (κ1) is 14.5. The summed E-state index contributed by atoms with van der Waals surface area (Å²) in [5, 5.41) is 0. The number of nitrogens with zero attached hydrogens (tertiary/aromatic N) is 2. The van der Waals surface area contributed by atoms with Crippen LogP contribution in [0.3, 0.4) is 0 Å². The molecule has 0 saturated carbocycles. The van der Waals surface area contributed by atoms with Crippen LogP contribution in [0.5, 0.6) is 0 Å². The summed E-state index contributed by atoms with van der Waals surface area (Å²) >= 11 is 0. The van der Waals surface area contributed by atoms with Crippen molar-refractivity contribution >= 4 is 5.91 Å². The third-order valence-corrected chi connectivity index (χ3v) is 4.73. The van der Waals surface area contributed by atoms with Crippen LogP contribution in [-0.4, -0.2) is 54.0 Å². The van der Waals surface area contributed by atoms with Gasteiger partial charge in [0, 0.05) is 25.7 Å². The summed E-state index contributed by atoms with van der Waals surface area (Å²) < 4.78 is 0. The first-order valence-electron chi connectivity index (χ1n) is 8.06. The van der Waals surface area contributed by atoms with E-state index >= 15 is 0 Å². The molecule has 1 amide bonds. The number of carbonyl (C=O) groups excluding carboxylic acids is 1. The molecule has 1 aromatic rings. The van der Waals surface area contributed by atoms with E-state index in [0.717, 1.165) is 31.6 Å². The summed E-state index contributed by atoms with van der Waals surface area (Å²) in [7, 11) is 0. The zero-order chi connectivity index (χ0) is 14.7. The Bertz CT molecular complexity index is 476. The molecule has 4 nitrogen and oxygen atoms in total. The molecule has 2 fully saturated rings. The van der Waals surface area contributed by atoms with E-state index in [1.165, 1.54) is 19.4 Å². The van der Waals surface area contributed by atoms with Crippen molar-refractivity contribution in [1.29, 1.82) is 0 Å². The van der Waals surface area contributed by atoms with E-state index in [1.54, 1.807) is 0 Å². The molecule has 2 aliphatic heterocycles. The predicted molar refractivity (Wildman–Crippen MR) is 83.9 cm³/mol. The molecule has 21 heavy (non-hydrogen) atoms. The van der Waals surface area contributed by atoms with Gasteiger partial charge < -0.3 is 10.6 Å². The number of benzene rings is 1. The van der Waals surface area contributed by atoms with Crippen LogP contribution in [0.1, 0.15) is 24.8 Å². The molecular formula is C17H25N3O. The summed E-state index contributed by atoms with van der Waals surface area (Å²) in [4.78, 5) is 17.2. The van der Waals surface area contributed by atoms with E-state index in [2.05, 4.69) is 4.90 Å². The third kappa shape index (κ3) is 3.44. The molecule has 2 atom stereocenters. The molecule has 0 aliphatic carbocycles. The molecule has 0 radical (unpaired) electrons. The molecule has 0 bridgehead atoms. The summed E-state index contributed by atoms with van der Waals surface area (Å²) in [5.74, 6) is 0.118. The van der Waals surface area contributed by atoms with Crippen LogP contribution < -0.4 is 5.73 Å². The molecule has 1 unspecified atom stereocenters. The van der Waals surface area contributed by atoms with Crippen molar-refractivity contribution in [2.75, 3.05) is 26.2 Å². The van der Waals surface area contributed by atoms with E-state index in [4.69, 9.17) is 5.73 Å². The molecule has 3 rings (SSSR count). The molecule has 0 spiro atoms. The Hall–Kier alpha value is -1.39. The third-order valence-electron chi connectivity index (χ3n) is 4.73. The van der Waals surface area contributed by atoms with Gasteiger partial charge >= 0.3 is 0 Å². The molecule has 114 valence electrons. The highest BCUT2D eigenvalue weighted by atomic mass is 16.2. The number of amides is 1. The molecule has 2 heterocycles. The smallest absolute Gasteiger partial charge is 0.239 e. The number of carbonyl (C=O) groups is 1. The highest BCUT2D eigenvalue weighted by molar-refractivity contribution is 5.82. The highest BCUT2D eigenvalue weighted by Crippen LogP contribution is 2.21. The van der Waals surface area contributed by atoms with Gasteiger partial charge in [-0.2, -0.15) is 0 Å². The molecule has 2 aliphatic rings. The monoisotopic (exact) mass is 287 g/mol. The topological polar surface area (TPSA) is 49.6 Å². The Morgan fingerprint density at radius 3 is 2.76 bits per heavy atom. The van der Waals surface area contributed by atoms with Gasteiger partial charge in [-0.15, -0.1) is 0 Å². The van der Waals surface area contributed by atoms with Crippen molar-refractivity contribution < 1.29 is 4.79 Å². The predicted octanol–water partition coefficient (Wildman–Crippen LogP) is 1.25. The van der Waals surface area contributed by atoms with Crippen molar-refractivity contribution in [2.45, 2.75) is 37.8 Å². The van der Waals surface area contributed by atoms with Gasteiger partial charge in [0.2, 0.25) is 5.91 Å². The summed E-state index contributed by atoms with van der Waals surface area (Å²) in [6.07, 6.45) is 4.19. The largest absolute Gasteiger partial charge is 0.340 e. The van der Waals surface area contributed by atoms with Crippen LogP contribution in [0.25, 0.3) is 0 Å². The van der Waals surface area contributed by atoms with Gasteiger partial charge in [0.05, 0.1) is 6.04 Å². The van der Waals surface area contributed by atoms with Gasteiger partial charge in [0.1, 0.15) is 0 Å². The number of hydrogen-bond acceptors (Lipinski definition) is 3.